The first kappa shape index (κ1) is 18.7. The Bertz CT molecular complexity index is 1050. The summed E-state index contributed by atoms with van der Waals surface area (Å²) < 4.78 is 5.41. The van der Waals surface area contributed by atoms with Gasteiger partial charge in [-0.2, -0.15) is 5.26 Å². The maximum absolute atomic E-state index is 12.2. The first-order chi connectivity index (χ1) is 13.0. The molecule has 0 aliphatic carbocycles. The molecule has 0 aromatic heterocycles. The van der Waals surface area contributed by atoms with Crippen LogP contribution >= 0.6 is 23.2 Å². The molecule has 0 amide bonds. The van der Waals surface area contributed by atoms with Gasteiger partial charge < -0.3 is 4.74 Å². The summed E-state index contributed by atoms with van der Waals surface area (Å²) in [5, 5.41) is 10.6. The Labute approximate surface area is 167 Å². The molecule has 0 bridgehead atoms. The van der Waals surface area contributed by atoms with Crippen molar-refractivity contribution in [1.82, 2.24) is 0 Å². The lowest BCUT2D eigenvalue weighted by Gasteiger charge is -2.06. The van der Waals surface area contributed by atoms with Crippen molar-refractivity contribution in [2.45, 2.75) is 0 Å². The molecule has 0 saturated carbocycles. The van der Waals surface area contributed by atoms with Crippen LogP contribution < -0.4 is 4.74 Å². The Morgan fingerprint density at radius 2 is 1.63 bits per heavy atom. The van der Waals surface area contributed by atoms with Crippen molar-refractivity contribution in [3.63, 3.8) is 0 Å². The Kier molecular flexibility index (Phi) is 5.93. The summed E-state index contributed by atoms with van der Waals surface area (Å²) >= 11 is 11.8. The van der Waals surface area contributed by atoms with Gasteiger partial charge in [0.25, 0.3) is 0 Å². The highest BCUT2D eigenvalue weighted by Crippen LogP contribution is 2.23. The van der Waals surface area contributed by atoms with Crippen LogP contribution in [0.5, 0.6) is 5.75 Å². The Morgan fingerprint density at radius 1 is 0.889 bits per heavy atom. The van der Waals surface area contributed by atoms with Gasteiger partial charge in [-0.3, -0.25) is 0 Å². The standard InChI is InChI=1S/C22H13Cl2NO2/c23-19-9-7-16(8-10-19)22(26)27-21-6-1-3-15(12-21)11-18(14-25)17-4-2-5-20(24)13-17/h1-13H/b18-11-. The van der Waals surface area contributed by atoms with Gasteiger partial charge in [-0.05, 0) is 65.7 Å². The molecule has 3 nitrogen and oxygen atoms in total. The number of allylic oxidation sites excluding steroid dienone is 1. The maximum atomic E-state index is 12.2. The molecule has 5 heteroatoms. The lowest BCUT2D eigenvalue weighted by Crippen LogP contribution is -2.08. The Morgan fingerprint density at radius 3 is 2.33 bits per heavy atom. The molecule has 132 valence electrons. The smallest absolute Gasteiger partial charge is 0.343 e. The molecule has 0 N–H and O–H groups in total. The number of nitrogens with zero attached hydrogens (tertiary/aromatic N) is 1. The number of benzene rings is 3. The molecule has 0 radical (unpaired) electrons. The fourth-order valence-corrected chi connectivity index (χ4v) is 2.74. The van der Waals surface area contributed by atoms with Crippen molar-refractivity contribution in [3.05, 3.63) is 99.5 Å². The third kappa shape index (κ3) is 4.98. The van der Waals surface area contributed by atoms with Crippen molar-refractivity contribution in [2.75, 3.05) is 0 Å². The van der Waals surface area contributed by atoms with Crippen LogP contribution in [0.1, 0.15) is 21.5 Å². The molecule has 3 aromatic rings. The van der Waals surface area contributed by atoms with Crippen molar-refractivity contribution in [2.24, 2.45) is 0 Å². The zero-order chi connectivity index (χ0) is 19.2. The van der Waals surface area contributed by atoms with E-state index in [0.29, 0.717) is 32.5 Å². The van der Waals surface area contributed by atoms with Gasteiger partial charge in [-0.1, -0.05) is 47.5 Å². The number of carbonyl (C=O) groups is 1. The largest absolute Gasteiger partial charge is 0.423 e. The average Bonchev–Trinajstić information content (AvgIpc) is 2.67. The SMILES string of the molecule is N#C/C(=C/c1cccc(OC(=O)c2ccc(Cl)cc2)c1)c1cccc(Cl)c1. The van der Waals surface area contributed by atoms with E-state index < -0.39 is 5.97 Å². The van der Waals surface area contributed by atoms with Gasteiger partial charge in [-0.15, -0.1) is 0 Å². The number of ether oxygens (including phenoxy) is 1. The lowest BCUT2D eigenvalue weighted by atomic mass is 10.0. The Balaban J connectivity index is 1.83. The highest BCUT2D eigenvalue weighted by Gasteiger charge is 2.09. The van der Waals surface area contributed by atoms with Crippen molar-refractivity contribution in [1.29, 1.82) is 5.26 Å². The molecule has 27 heavy (non-hydrogen) atoms. The van der Waals surface area contributed by atoms with Crippen LogP contribution in [0, 0.1) is 11.3 Å². The molecule has 0 heterocycles. The zero-order valence-electron chi connectivity index (χ0n) is 14.0. The minimum atomic E-state index is -0.483. The third-order valence-electron chi connectivity index (χ3n) is 3.72. The number of rotatable bonds is 4. The van der Waals surface area contributed by atoms with Gasteiger partial charge in [0.2, 0.25) is 0 Å². The van der Waals surface area contributed by atoms with Crippen LogP contribution in [0.25, 0.3) is 11.6 Å². The number of hydrogen-bond acceptors (Lipinski definition) is 3. The first-order valence-electron chi connectivity index (χ1n) is 8.01. The van der Waals surface area contributed by atoms with Gasteiger partial charge in [0, 0.05) is 10.0 Å². The summed E-state index contributed by atoms with van der Waals surface area (Å²) in [6.45, 7) is 0. The van der Waals surface area contributed by atoms with Crippen LogP contribution in [0.3, 0.4) is 0 Å². The van der Waals surface area contributed by atoms with E-state index in [-0.39, 0.29) is 0 Å². The lowest BCUT2D eigenvalue weighted by molar-refractivity contribution is 0.0735. The van der Waals surface area contributed by atoms with Crippen LogP contribution in [0.2, 0.25) is 10.0 Å². The predicted octanol–water partition coefficient (Wildman–Crippen LogP) is 6.28. The van der Waals surface area contributed by atoms with E-state index in [1.165, 1.54) is 0 Å². The quantitative estimate of drug-likeness (QED) is 0.227. The van der Waals surface area contributed by atoms with Gasteiger partial charge in [-0.25, -0.2) is 4.79 Å². The molecule has 0 aliphatic heterocycles. The normalized spacial score (nSPS) is 10.9. The molecule has 0 unspecified atom stereocenters. The summed E-state index contributed by atoms with van der Waals surface area (Å²) in [7, 11) is 0. The van der Waals surface area contributed by atoms with E-state index in [1.807, 2.05) is 12.1 Å². The first-order valence-corrected chi connectivity index (χ1v) is 8.76. The topological polar surface area (TPSA) is 50.1 Å². The van der Waals surface area contributed by atoms with Gasteiger partial charge in [0.05, 0.1) is 17.2 Å². The van der Waals surface area contributed by atoms with Gasteiger partial charge >= 0.3 is 5.97 Å². The summed E-state index contributed by atoms with van der Waals surface area (Å²) in [6, 6.07) is 22.6. The third-order valence-corrected chi connectivity index (χ3v) is 4.20. The maximum Gasteiger partial charge on any atom is 0.343 e. The van der Waals surface area contributed by atoms with Crippen molar-refractivity contribution in [3.8, 4) is 11.8 Å². The number of carbonyl (C=O) groups excluding carboxylic acids is 1. The fourth-order valence-electron chi connectivity index (χ4n) is 2.42. The van der Waals surface area contributed by atoms with Crippen molar-refractivity contribution >= 4 is 40.8 Å². The predicted molar refractivity (Wildman–Crippen MR) is 108 cm³/mol. The second-order valence-electron chi connectivity index (χ2n) is 5.65. The second-order valence-corrected chi connectivity index (χ2v) is 6.52. The summed E-state index contributed by atoms with van der Waals surface area (Å²) in [6.07, 6.45) is 1.71. The molecule has 0 saturated heterocycles. The van der Waals surface area contributed by atoms with E-state index in [1.54, 1.807) is 66.7 Å². The van der Waals surface area contributed by atoms with E-state index in [0.717, 1.165) is 5.56 Å². The number of halogens is 2. The van der Waals surface area contributed by atoms with E-state index in [4.69, 9.17) is 27.9 Å². The summed E-state index contributed by atoms with van der Waals surface area (Å²) in [5.41, 5.74) is 2.30. The minimum Gasteiger partial charge on any atom is -0.423 e. The molecule has 0 aliphatic rings. The second kappa shape index (κ2) is 8.55. The minimum absolute atomic E-state index is 0.382. The molecule has 0 atom stereocenters. The molecule has 3 rings (SSSR count). The number of hydrogen-bond donors (Lipinski definition) is 0. The van der Waals surface area contributed by atoms with Crippen LogP contribution in [0.15, 0.2) is 72.8 Å². The number of esters is 1. The zero-order valence-corrected chi connectivity index (χ0v) is 15.5. The highest BCUT2D eigenvalue weighted by atomic mass is 35.5. The van der Waals surface area contributed by atoms with Crippen LogP contribution in [0.4, 0.5) is 0 Å². The molecule has 0 spiro atoms. The van der Waals surface area contributed by atoms with Crippen molar-refractivity contribution < 1.29 is 9.53 Å². The summed E-state index contributed by atoms with van der Waals surface area (Å²) in [5.74, 6) is -0.102. The van der Waals surface area contributed by atoms with E-state index in [2.05, 4.69) is 6.07 Å². The molecular weight excluding hydrogens is 381 g/mol. The monoisotopic (exact) mass is 393 g/mol. The molecule has 3 aromatic carbocycles. The van der Waals surface area contributed by atoms with E-state index >= 15 is 0 Å². The van der Waals surface area contributed by atoms with Crippen LogP contribution in [-0.4, -0.2) is 5.97 Å². The molecule has 0 fully saturated rings. The van der Waals surface area contributed by atoms with E-state index in [9.17, 15) is 10.1 Å². The van der Waals surface area contributed by atoms with Gasteiger partial charge in [0.15, 0.2) is 0 Å². The fraction of sp³-hybridized carbons (Fsp3) is 0. The summed E-state index contributed by atoms with van der Waals surface area (Å²) in [4.78, 5) is 12.2. The molecular formula is C22H13Cl2NO2. The van der Waals surface area contributed by atoms with Crippen LogP contribution in [-0.2, 0) is 0 Å². The Hall–Kier alpha value is -3.06. The highest BCUT2D eigenvalue weighted by molar-refractivity contribution is 6.31. The van der Waals surface area contributed by atoms with Gasteiger partial charge in [0.1, 0.15) is 5.75 Å². The number of nitriles is 1. The average molecular weight is 394 g/mol.